The molecular formula is C23H31N3O5S. The number of anilines is 1. The number of sulfonamides is 1. The van der Waals surface area contributed by atoms with E-state index in [0.29, 0.717) is 54.7 Å². The highest BCUT2D eigenvalue weighted by atomic mass is 32.2. The van der Waals surface area contributed by atoms with Crippen molar-refractivity contribution in [2.75, 3.05) is 52.3 Å². The first kappa shape index (κ1) is 24.0. The van der Waals surface area contributed by atoms with Crippen LogP contribution in [0, 0.1) is 13.8 Å². The number of aryl methyl sites for hydroxylation is 2. The summed E-state index contributed by atoms with van der Waals surface area (Å²) in [4.78, 5) is 14.9. The van der Waals surface area contributed by atoms with Gasteiger partial charge in [-0.25, -0.2) is 8.42 Å². The minimum absolute atomic E-state index is 0.173. The smallest absolute Gasteiger partial charge is 0.243 e. The number of rotatable bonds is 7. The number of ether oxygens (including phenoxy) is 2. The van der Waals surface area contributed by atoms with E-state index in [1.165, 1.54) is 11.4 Å². The van der Waals surface area contributed by atoms with Gasteiger partial charge in [0.15, 0.2) is 0 Å². The van der Waals surface area contributed by atoms with Crippen LogP contribution >= 0.6 is 0 Å². The molecule has 1 saturated heterocycles. The van der Waals surface area contributed by atoms with E-state index >= 15 is 0 Å². The van der Waals surface area contributed by atoms with Crippen LogP contribution in [0.4, 0.5) is 5.69 Å². The highest BCUT2D eigenvalue weighted by molar-refractivity contribution is 7.89. The monoisotopic (exact) mass is 461 g/mol. The molecule has 1 heterocycles. The molecular weight excluding hydrogens is 430 g/mol. The lowest BCUT2D eigenvalue weighted by molar-refractivity contribution is -0.117. The van der Waals surface area contributed by atoms with Crippen LogP contribution in [-0.2, 0) is 14.8 Å². The molecule has 0 aromatic heterocycles. The predicted molar refractivity (Wildman–Crippen MR) is 124 cm³/mol. The van der Waals surface area contributed by atoms with Gasteiger partial charge in [0, 0.05) is 25.7 Å². The number of amides is 1. The molecule has 1 aliphatic heterocycles. The SMILES string of the molecule is COc1ccc(NC(=O)CN2CCCN(S(=O)(=O)c3ccc(C)cc3C)CC2)c(OC)c1. The Kier molecular flexibility index (Phi) is 7.76. The van der Waals surface area contributed by atoms with Gasteiger partial charge in [0.2, 0.25) is 15.9 Å². The zero-order valence-electron chi connectivity index (χ0n) is 19.1. The summed E-state index contributed by atoms with van der Waals surface area (Å²) < 4.78 is 38.4. The van der Waals surface area contributed by atoms with Crippen molar-refractivity contribution >= 4 is 21.6 Å². The number of nitrogens with zero attached hydrogens (tertiary/aromatic N) is 2. The van der Waals surface area contributed by atoms with E-state index in [0.717, 1.165) is 11.1 Å². The van der Waals surface area contributed by atoms with Gasteiger partial charge in [-0.1, -0.05) is 17.7 Å². The third-order valence-corrected chi connectivity index (χ3v) is 7.60. The van der Waals surface area contributed by atoms with Crippen molar-refractivity contribution < 1.29 is 22.7 Å². The van der Waals surface area contributed by atoms with Gasteiger partial charge >= 0.3 is 0 Å². The van der Waals surface area contributed by atoms with Crippen molar-refractivity contribution in [3.63, 3.8) is 0 Å². The summed E-state index contributed by atoms with van der Waals surface area (Å²) in [6, 6.07) is 10.6. The fourth-order valence-corrected chi connectivity index (χ4v) is 5.54. The molecule has 8 nitrogen and oxygen atoms in total. The van der Waals surface area contributed by atoms with Gasteiger partial charge in [-0.3, -0.25) is 9.69 Å². The minimum Gasteiger partial charge on any atom is -0.497 e. The van der Waals surface area contributed by atoms with Crippen molar-refractivity contribution in [1.82, 2.24) is 9.21 Å². The minimum atomic E-state index is -3.57. The summed E-state index contributed by atoms with van der Waals surface area (Å²) in [5, 5.41) is 2.87. The molecule has 0 bridgehead atoms. The lowest BCUT2D eigenvalue weighted by Gasteiger charge is -2.22. The maximum absolute atomic E-state index is 13.2. The van der Waals surface area contributed by atoms with Crippen LogP contribution in [0.5, 0.6) is 11.5 Å². The topological polar surface area (TPSA) is 88.2 Å². The van der Waals surface area contributed by atoms with Gasteiger partial charge < -0.3 is 14.8 Å². The van der Waals surface area contributed by atoms with Crippen molar-refractivity contribution in [2.45, 2.75) is 25.2 Å². The third-order valence-electron chi connectivity index (χ3n) is 5.55. The van der Waals surface area contributed by atoms with E-state index in [2.05, 4.69) is 5.32 Å². The van der Waals surface area contributed by atoms with Crippen molar-refractivity contribution in [3.05, 3.63) is 47.5 Å². The van der Waals surface area contributed by atoms with Gasteiger partial charge in [-0.2, -0.15) is 4.31 Å². The number of nitrogens with one attached hydrogen (secondary N) is 1. The summed E-state index contributed by atoms with van der Waals surface area (Å²) in [7, 11) is -0.474. The highest BCUT2D eigenvalue weighted by Gasteiger charge is 2.28. The van der Waals surface area contributed by atoms with E-state index in [1.807, 2.05) is 30.9 Å². The summed E-state index contributed by atoms with van der Waals surface area (Å²) in [5.41, 5.74) is 2.34. The van der Waals surface area contributed by atoms with Crippen molar-refractivity contribution in [1.29, 1.82) is 0 Å². The number of carbonyl (C=O) groups is 1. The fourth-order valence-electron chi connectivity index (χ4n) is 3.87. The molecule has 1 fully saturated rings. The molecule has 0 unspecified atom stereocenters. The quantitative estimate of drug-likeness (QED) is 0.682. The largest absolute Gasteiger partial charge is 0.497 e. The first-order chi connectivity index (χ1) is 15.2. The normalized spacial score (nSPS) is 15.8. The molecule has 0 aliphatic carbocycles. The van der Waals surface area contributed by atoms with Gasteiger partial charge in [-0.15, -0.1) is 0 Å². The van der Waals surface area contributed by atoms with Crippen molar-refractivity contribution in [3.8, 4) is 11.5 Å². The summed E-state index contributed by atoms with van der Waals surface area (Å²) in [6.07, 6.45) is 0.656. The number of benzene rings is 2. The van der Waals surface area contributed by atoms with Gasteiger partial charge in [0.1, 0.15) is 11.5 Å². The molecule has 32 heavy (non-hydrogen) atoms. The lowest BCUT2D eigenvalue weighted by Crippen LogP contribution is -2.38. The van der Waals surface area contributed by atoms with Crippen LogP contribution in [-0.4, -0.2) is 70.5 Å². The Hall–Kier alpha value is -2.62. The molecule has 0 atom stereocenters. The first-order valence-corrected chi connectivity index (χ1v) is 12.0. The molecule has 2 aromatic rings. The molecule has 0 radical (unpaired) electrons. The van der Waals surface area contributed by atoms with Crippen LogP contribution in [0.1, 0.15) is 17.5 Å². The fraction of sp³-hybridized carbons (Fsp3) is 0.435. The summed E-state index contributed by atoms with van der Waals surface area (Å²) >= 11 is 0. The molecule has 1 aliphatic rings. The van der Waals surface area contributed by atoms with E-state index in [4.69, 9.17) is 9.47 Å². The summed E-state index contributed by atoms with van der Waals surface area (Å²) in [6.45, 7) is 5.84. The zero-order chi connectivity index (χ0) is 23.3. The Morgan fingerprint density at radius 3 is 2.47 bits per heavy atom. The van der Waals surface area contributed by atoms with E-state index in [1.54, 1.807) is 31.4 Å². The molecule has 1 N–H and O–H groups in total. The molecule has 0 spiro atoms. The van der Waals surface area contributed by atoms with E-state index < -0.39 is 10.0 Å². The van der Waals surface area contributed by atoms with Crippen LogP contribution in [0.15, 0.2) is 41.3 Å². The van der Waals surface area contributed by atoms with E-state index in [9.17, 15) is 13.2 Å². The van der Waals surface area contributed by atoms with Crippen molar-refractivity contribution in [2.24, 2.45) is 0 Å². The molecule has 174 valence electrons. The molecule has 3 rings (SSSR count). The molecule has 9 heteroatoms. The number of carbonyl (C=O) groups excluding carboxylic acids is 1. The predicted octanol–water partition coefficient (Wildman–Crippen LogP) is 2.66. The Balaban J connectivity index is 1.62. The molecule has 0 saturated carbocycles. The highest BCUT2D eigenvalue weighted by Crippen LogP contribution is 2.29. The third kappa shape index (κ3) is 5.59. The molecule has 2 aromatic carbocycles. The Morgan fingerprint density at radius 2 is 1.78 bits per heavy atom. The maximum atomic E-state index is 13.2. The van der Waals surface area contributed by atoms with Crippen LogP contribution in [0.25, 0.3) is 0 Å². The number of hydrogen-bond acceptors (Lipinski definition) is 6. The lowest BCUT2D eigenvalue weighted by atomic mass is 10.2. The van der Waals surface area contributed by atoms with Crippen LogP contribution in [0.2, 0.25) is 0 Å². The van der Waals surface area contributed by atoms with Crippen LogP contribution in [0.3, 0.4) is 0 Å². The van der Waals surface area contributed by atoms with E-state index in [-0.39, 0.29) is 12.5 Å². The number of hydrogen-bond donors (Lipinski definition) is 1. The Morgan fingerprint density at radius 1 is 1.00 bits per heavy atom. The van der Waals surface area contributed by atoms with Gasteiger partial charge in [0.05, 0.1) is 31.3 Å². The summed E-state index contributed by atoms with van der Waals surface area (Å²) in [5.74, 6) is 0.968. The second-order valence-corrected chi connectivity index (χ2v) is 9.82. The standard InChI is InChI=1S/C23H31N3O5S/c1-17-6-9-22(18(2)14-17)32(28,29)26-11-5-10-25(12-13-26)16-23(27)24-20-8-7-19(30-3)15-21(20)31-4/h6-9,14-15H,5,10-13,16H2,1-4H3,(H,24,27). The maximum Gasteiger partial charge on any atom is 0.243 e. The Bertz CT molecular complexity index is 1070. The van der Waals surface area contributed by atoms with Gasteiger partial charge in [-0.05, 0) is 50.6 Å². The average Bonchev–Trinajstić information content (AvgIpc) is 2.99. The second kappa shape index (κ2) is 10.3. The Labute approximate surface area is 190 Å². The zero-order valence-corrected chi connectivity index (χ0v) is 19.9. The van der Waals surface area contributed by atoms with Crippen LogP contribution < -0.4 is 14.8 Å². The average molecular weight is 462 g/mol. The first-order valence-electron chi connectivity index (χ1n) is 10.6. The second-order valence-electron chi connectivity index (χ2n) is 7.92. The molecule has 1 amide bonds. The van der Waals surface area contributed by atoms with Gasteiger partial charge in [0.25, 0.3) is 0 Å². The number of methoxy groups -OCH3 is 2.